The Labute approximate surface area is 146 Å². The maximum Gasteiger partial charge on any atom is 0.270 e. The molecule has 0 fully saturated rings. The summed E-state index contributed by atoms with van der Waals surface area (Å²) in [4.78, 5) is 14.4. The largest absolute Gasteiger partial charge is 0.394 e. The Morgan fingerprint density at radius 3 is 2.60 bits per heavy atom. The van der Waals surface area contributed by atoms with E-state index in [1.165, 1.54) is 11.0 Å². The van der Waals surface area contributed by atoms with Crippen LogP contribution in [0.5, 0.6) is 0 Å². The van der Waals surface area contributed by atoms with E-state index in [2.05, 4.69) is 0 Å². The van der Waals surface area contributed by atoms with Gasteiger partial charge in [-0.05, 0) is 25.1 Å². The van der Waals surface area contributed by atoms with E-state index in [0.29, 0.717) is 11.3 Å². The number of carbonyl (C=O) groups excluding carboxylic acids is 1. The number of para-hydroxylation sites is 1. The summed E-state index contributed by atoms with van der Waals surface area (Å²) in [6.45, 7) is 1.93. The van der Waals surface area contributed by atoms with Gasteiger partial charge in [0.05, 0.1) is 19.2 Å². The summed E-state index contributed by atoms with van der Waals surface area (Å²) in [6.07, 6.45) is 0. The first-order valence-corrected chi connectivity index (χ1v) is 8.22. The highest BCUT2D eigenvalue weighted by molar-refractivity contribution is 5.98. The lowest BCUT2D eigenvalue weighted by Crippen LogP contribution is -2.38. The summed E-state index contributed by atoms with van der Waals surface area (Å²) < 4.78 is 15.9. The maximum atomic E-state index is 14.1. The highest BCUT2D eigenvalue weighted by Gasteiger charge is 2.22. The van der Waals surface area contributed by atoms with E-state index in [0.717, 1.165) is 10.9 Å². The van der Waals surface area contributed by atoms with E-state index in [9.17, 15) is 14.3 Å². The van der Waals surface area contributed by atoms with Gasteiger partial charge in [0.25, 0.3) is 5.91 Å². The smallest absolute Gasteiger partial charge is 0.270 e. The summed E-state index contributed by atoms with van der Waals surface area (Å²) in [7, 11) is 1.66. The average molecular weight is 340 g/mol. The number of amides is 1. The fraction of sp³-hybridized carbons (Fsp3) is 0.250. The van der Waals surface area contributed by atoms with Crippen LogP contribution >= 0.6 is 0 Å². The Balaban J connectivity index is 2.09. The van der Waals surface area contributed by atoms with E-state index >= 15 is 0 Å². The predicted octanol–water partition coefficient (Wildman–Crippen LogP) is 3.28. The van der Waals surface area contributed by atoms with Crippen molar-refractivity contribution in [2.24, 2.45) is 0 Å². The molecule has 1 aromatic heterocycles. The van der Waals surface area contributed by atoms with Crippen molar-refractivity contribution in [1.82, 2.24) is 9.47 Å². The van der Waals surface area contributed by atoms with Crippen molar-refractivity contribution in [3.8, 4) is 0 Å². The molecule has 2 aromatic carbocycles. The van der Waals surface area contributed by atoms with Crippen LogP contribution in [0.4, 0.5) is 4.39 Å². The van der Waals surface area contributed by atoms with Crippen molar-refractivity contribution in [2.45, 2.75) is 19.5 Å². The van der Waals surface area contributed by atoms with Gasteiger partial charge in [0.1, 0.15) is 11.5 Å². The molecule has 1 amide bonds. The van der Waals surface area contributed by atoms with E-state index in [1.54, 1.807) is 32.2 Å². The maximum absolute atomic E-state index is 14.1. The number of benzene rings is 2. The zero-order chi connectivity index (χ0) is 18.0. The Kier molecular flexibility index (Phi) is 4.86. The zero-order valence-corrected chi connectivity index (χ0v) is 14.3. The molecule has 3 rings (SSSR count). The van der Waals surface area contributed by atoms with E-state index in [4.69, 9.17) is 0 Å². The SMILES string of the molecule is CC(CO)N(C)C(=O)c1cc2ccccc2n1Cc1ccccc1F. The second-order valence-electron chi connectivity index (χ2n) is 6.21. The van der Waals surface area contributed by atoms with Crippen molar-refractivity contribution < 1.29 is 14.3 Å². The first kappa shape index (κ1) is 17.2. The molecule has 3 aromatic rings. The molecule has 0 saturated heterocycles. The summed E-state index contributed by atoms with van der Waals surface area (Å²) in [5.41, 5.74) is 1.88. The molecule has 1 heterocycles. The topological polar surface area (TPSA) is 45.5 Å². The third-order valence-electron chi connectivity index (χ3n) is 4.56. The molecule has 0 radical (unpaired) electrons. The van der Waals surface area contributed by atoms with Crippen LogP contribution in [0, 0.1) is 5.82 Å². The number of aromatic nitrogens is 1. The summed E-state index contributed by atoms with van der Waals surface area (Å²) >= 11 is 0. The van der Waals surface area contributed by atoms with Crippen LogP contribution in [-0.4, -0.2) is 40.2 Å². The molecular formula is C20H21FN2O2. The minimum absolute atomic E-state index is 0.115. The van der Waals surface area contributed by atoms with Gasteiger partial charge < -0.3 is 14.6 Å². The van der Waals surface area contributed by atoms with Crippen LogP contribution in [-0.2, 0) is 6.54 Å². The minimum Gasteiger partial charge on any atom is -0.394 e. The number of hydrogen-bond acceptors (Lipinski definition) is 2. The Bertz CT molecular complexity index is 904. The van der Waals surface area contributed by atoms with Gasteiger partial charge in [-0.1, -0.05) is 36.4 Å². The molecule has 25 heavy (non-hydrogen) atoms. The van der Waals surface area contributed by atoms with Gasteiger partial charge in [-0.3, -0.25) is 4.79 Å². The van der Waals surface area contributed by atoms with Crippen LogP contribution in [0.15, 0.2) is 54.6 Å². The number of aliphatic hydroxyl groups excluding tert-OH is 1. The first-order valence-electron chi connectivity index (χ1n) is 8.22. The fourth-order valence-electron chi connectivity index (χ4n) is 2.86. The van der Waals surface area contributed by atoms with Crippen molar-refractivity contribution in [3.05, 3.63) is 71.7 Å². The molecule has 1 unspecified atom stereocenters. The van der Waals surface area contributed by atoms with Gasteiger partial charge in [0, 0.05) is 23.5 Å². The van der Waals surface area contributed by atoms with Crippen molar-refractivity contribution in [1.29, 1.82) is 0 Å². The number of nitrogens with zero attached hydrogens (tertiary/aromatic N) is 2. The molecule has 5 heteroatoms. The molecule has 1 atom stereocenters. The Morgan fingerprint density at radius 2 is 1.88 bits per heavy atom. The number of likely N-dealkylation sites (N-methyl/N-ethyl adjacent to an activating group) is 1. The number of hydrogen-bond donors (Lipinski definition) is 1. The van der Waals surface area contributed by atoms with Gasteiger partial charge in [0.2, 0.25) is 0 Å². The Hall–Kier alpha value is -2.66. The van der Waals surface area contributed by atoms with Gasteiger partial charge in [-0.15, -0.1) is 0 Å². The molecule has 0 aliphatic heterocycles. The molecule has 0 spiro atoms. The van der Waals surface area contributed by atoms with Gasteiger partial charge >= 0.3 is 0 Å². The molecular weight excluding hydrogens is 319 g/mol. The number of rotatable bonds is 5. The number of carbonyl (C=O) groups is 1. The van der Waals surface area contributed by atoms with Crippen LogP contribution in [0.1, 0.15) is 23.0 Å². The normalized spacial score (nSPS) is 12.3. The lowest BCUT2D eigenvalue weighted by molar-refractivity contribution is 0.0672. The quantitative estimate of drug-likeness (QED) is 0.775. The molecule has 0 aliphatic carbocycles. The molecule has 0 aliphatic rings. The van der Waals surface area contributed by atoms with Crippen LogP contribution in [0.2, 0.25) is 0 Å². The van der Waals surface area contributed by atoms with Crippen LogP contribution < -0.4 is 0 Å². The second-order valence-corrected chi connectivity index (χ2v) is 6.21. The highest BCUT2D eigenvalue weighted by atomic mass is 19.1. The third kappa shape index (κ3) is 3.28. The third-order valence-corrected chi connectivity index (χ3v) is 4.56. The van der Waals surface area contributed by atoms with Gasteiger partial charge in [-0.25, -0.2) is 4.39 Å². The van der Waals surface area contributed by atoms with Crippen LogP contribution in [0.25, 0.3) is 10.9 Å². The number of halogens is 1. The summed E-state index contributed by atoms with van der Waals surface area (Å²) in [5.74, 6) is -0.496. The molecule has 0 bridgehead atoms. The van der Waals surface area contributed by atoms with E-state index < -0.39 is 0 Å². The number of aliphatic hydroxyl groups is 1. The summed E-state index contributed by atoms with van der Waals surface area (Å²) in [6, 6.07) is 15.7. The lowest BCUT2D eigenvalue weighted by Gasteiger charge is -2.24. The van der Waals surface area contributed by atoms with E-state index in [-0.39, 0.29) is 30.9 Å². The Morgan fingerprint density at radius 1 is 1.20 bits per heavy atom. The predicted molar refractivity (Wildman–Crippen MR) is 96.1 cm³/mol. The lowest BCUT2D eigenvalue weighted by atomic mass is 10.2. The van der Waals surface area contributed by atoms with Crippen LogP contribution in [0.3, 0.4) is 0 Å². The van der Waals surface area contributed by atoms with Crippen molar-refractivity contribution >= 4 is 16.8 Å². The van der Waals surface area contributed by atoms with Crippen molar-refractivity contribution in [2.75, 3.05) is 13.7 Å². The molecule has 1 N–H and O–H groups in total. The highest BCUT2D eigenvalue weighted by Crippen LogP contribution is 2.23. The van der Waals surface area contributed by atoms with Gasteiger partial charge in [0.15, 0.2) is 0 Å². The monoisotopic (exact) mass is 340 g/mol. The van der Waals surface area contributed by atoms with E-state index in [1.807, 2.05) is 34.9 Å². The summed E-state index contributed by atoms with van der Waals surface area (Å²) in [5, 5.41) is 10.3. The second kappa shape index (κ2) is 7.07. The van der Waals surface area contributed by atoms with Gasteiger partial charge in [-0.2, -0.15) is 0 Å². The zero-order valence-electron chi connectivity index (χ0n) is 14.3. The first-order chi connectivity index (χ1) is 12.0. The van der Waals surface area contributed by atoms with Crippen molar-refractivity contribution in [3.63, 3.8) is 0 Å². The number of fused-ring (bicyclic) bond motifs is 1. The fourth-order valence-corrected chi connectivity index (χ4v) is 2.86. The average Bonchev–Trinajstić information content (AvgIpc) is 3.00. The molecule has 0 saturated carbocycles. The molecule has 4 nitrogen and oxygen atoms in total. The standard InChI is InChI=1S/C20H21FN2O2/c1-14(13-24)22(2)20(25)19-11-15-7-4-6-10-18(15)23(19)12-16-8-3-5-9-17(16)21/h3-11,14,24H,12-13H2,1-2H3. The molecule has 130 valence electrons. The minimum atomic E-state index is -0.299.